The largest absolute Gasteiger partial charge is 0.481 e. The fraction of sp³-hybridized carbons (Fsp3) is 0.252. The number of hydrogen-bond donors (Lipinski definition) is 4. The molecule has 5 N–H and O–H groups in total. The fourth-order valence-corrected chi connectivity index (χ4v) is 14.1. The topological polar surface area (TPSA) is 284 Å². The van der Waals surface area contributed by atoms with Crippen molar-refractivity contribution in [1.82, 2.24) is 37.3 Å². The molecule has 0 saturated carbocycles. The number of alkyl halides is 1. The van der Waals surface area contributed by atoms with Crippen LogP contribution in [0.5, 0.6) is 0 Å². The lowest BCUT2D eigenvalue weighted by molar-refractivity contribution is -0.136. The molecule has 0 aliphatic heterocycles. The highest BCUT2D eigenvalue weighted by molar-refractivity contribution is 9.08. The van der Waals surface area contributed by atoms with Gasteiger partial charge in [-0.2, -0.15) is 0 Å². The number of hydrogen-bond acceptors (Lipinski definition) is 12. The molecular formula is C107H122BrN9O12. The molecule has 7 aromatic carbocycles. The Morgan fingerprint density at radius 2 is 0.512 bits per heavy atom. The number of Topliss-reactive ketones (excluding diaryl/α,β-unsaturated/α-hetero) is 1. The molecule has 0 saturated heterocycles. The minimum absolute atomic E-state index is 0. The second-order valence-corrected chi connectivity index (χ2v) is 31.7. The number of aliphatic hydroxyl groups is 1. The summed E-state index contributed by atoms with van der Waals surface area (Å²) < 4.78 is 12.7. The van der Waals surface area contributed by atoms with Crippen LogP contribution >= 0.6 is 15.9 Å². The minimum Gasteiger partial charge on any atom is -0.481 e. The minimum atomic E-state index is -0.907. The maximum Gasteiger partial charge on any atom is 0.309 e. The summed E-state index contributed by atoms with van der Waals surface area (Å²) >= 11 is 3.40. The summed E-state index contributed by atoms with van der Waals surface area (Å²) in [4.78, 5) is 119. The number of rotatable bonds is 25. The molecule has 129 heavy (non-hydrogen) atoms. The molecule has 1 amide bonds. The molecule has 0 aliphatic carbocycles. The summed E-state index contributed by atoms with van der Waals surface area (Å²) in [6.45, 7) is 20.2. The lowest BCUT2D eigenvalue weighted by Gasteiger charge is -2.08. The first kappa shape index (κ1) is 104. The number of aliphatic hydroxyl groups excluding tert-OH is 1. The molecule has 14 rings (SSSR count). The van der Waals surface area contributed by atoms with Crippen LogP contribution in [0.4, 0.5) is 0 Å². The van der Waals surface area contributed by atoms with Crippen LogP contribution in [0, 0.1) is 48.5 Å². The van der Waals surface area contributed by atoms with Crippen LogP contribution in [-0.2, 0) is 108 Å². The van der Waals surface area contributed by atoms with E-state index < -0.39 is 5.97 Å². The van der Waals surface area contributed by atoms with Crippen molar-refractivity contribution in [2.45, 2.75) is 135 Å². The first-order chi connectivity index (χ1) is 60.5. The first-order valence-corrected chi connectivity index (χ1v) is 42.8. The van der Waals surface area contributed by atoms with E-state index in [1.165, 1.54) is 18.2 Å². The Morgan fingerprint density at radius 1 is 0.302 bits per heavy atom. The molecule has 14 aromatic rings. The van der Waals surface area contributed by atoms with Crippen LogP contribution in [0.3, 0.4) is 0 Å². The van der Waals surface area contributed by atoms with Gasteiger partial charge in [0.1, 0.15) is 5.78 Å². The smallest absolute Gasteiger partial charge is 0.309 e. The van der Waals surface area contributed by atoms with Gasteiger partial charge in [0.25, 0.3) is 0 Å². The molecule has 0 atom stereocenters. The Kier molecular flexibility index (Phi) is 39.8. The second kappa shape index (κ2) is 49.4. The predicted octanol–water partition coefficient (Wildman–Crippen LogP) is 19.4. The van der Waals surface area contributed by atoms with E-state index in [-0.39, 0.29) is 80.1 Å². The summed E-state index contributed by atoms with van der Waals surface area (Å²) in [6, 6.07) is 78.4. The number of carboxylic acids is 1. The number of aromatic nitrogens is 7. The summed E-state index contributed by atoms with van der Waals surface area (Å²) in [6.07, 6.45) is 1.76. The van der Waals surface area contributed by atoms with Crippen molar-refractivity contribution in [3.05, 3.63) is 412 Å². The number of nitrogens with one attached hydrogen (secondary N) is 1. The van der Waals surface area contributed by atoms with Gasteiger partial charge < -0.3 is 53.2 Å². The standard InChI is InChI=1S/C17H19NO2.C16H18N2O2.C15H15NO3.C15H17NO.C14H14BrNO.C14H16N2O.C14H15NO2.2CH4/c1-4-15(19)11-14-9-10-16(18(14)3)17(20)13-7-5-12(2)6-8-13;1-11-4-6-13(7-5-11)16(20)15-9-8-14(18(15)3)10-17-12(2)19;1-10-3-5-11(6-4-10)15(19)13-8-7-12(16(13)2)9-14(17)18;1-4-13-9-10-14(16(13)3)15(17)12-7-5-11(2)6-8-12;2*1-10-3-5-11(6-4-10)14(17)13-8-7-12(9-15)16(13)2;1-10-3-5-11(6-4-10)14(17)13-8-7-12(9-16)15(13)2;;/h5-10H,4,11H2,1-3H3;4-9H,10H2,1-3H3,(H,17,19);3-8H,9H2,1-2H3,(H,17,18);5-10H,4H2,1-3H3;3-8H,9H2,1-2H3;3-8H,9,15H2,1-2H3;3-8,16H,9H2,1-2H3;2*1H4. The van der Waals surface area contributed by atoms with Gasteiger partial charge >= 0.3 is 5.97 Å². The van der Waals surface area contributed by atoms with Gasteiger partial charge in [0.05, 0.1) is 59.4 Å². The Bertz CT molecular complexity index is 5760. The average molecular weight is 1810 g/mol. The van der Waals surface area contributed by atoms with E-state index in [2.05, 4.69) is 28.2 Å². The maximum atomic E-state index is 12.4. The van der Waals surface area contributed by atoms with Gasteiger partial charge in [-0.3, -0.25) is 47.9 Å². The maximum absolute atomic E-state index is 12.4. The van der Waals surface area contributed by atoms with Gasteiger partial charge in [-0.15, -0.1) is 0 Å². The van der Waals surface area contributed by atoms with Crippen molar-refractivity contribution in [2.75, 3.05) is 0 Å². The molecule has 0 radical (unpaired) electrons. The third-order valence-electron chi connectivity index (χ3n) is 21.9. The summed E-state index contributed by atoms with van der Waals surface area (Å²) in [7, 11) is 12.9. The van der Waals surface area contributed by atoms with Crippen LogP contribution in [-0.4, -0.2) is 100 Å². The molecule has 0 unspecified atom stereocenters. The van der Waals surface area contributed by atoms with Crippen LogP contribution < -0.4 is 11.1 Å². The molecular weight excluding hydrogens is 1680 g/mol. The number of carbonyl (C=O) groups is 10. The van der Waals surface area contributed by atoms with E-state index in [1.54, 1.807) is 71.8 Å². The highest BCUT2D eigenvalue weighted by Crippen LogP contribution is 2.23. The van der Waals surface area contributed by atoms with Crippen LogP contribution in [0.1, 0.15) is 233 Å². The van der Waals surface area contributed by atoms with Crippen LogP contribution in [0.25, 0.3) is 0 Å². The number of carbonyl (C=O) groups excluding carboxylic acids is 9. The van der Waals surface area contributed by atoms with Gasteiger partial charge in [0, 0.05) is 160 Å². The van der Waals surface area contributed by atoms with E-state index in [1.807, 2.05) is 320 Å². The van der Waals surface area contributed by atoms with E-state index in [0.717, 1.165) is 96.1 Å². The molecule has 674 valence electrons. The molecule has 7 heterocycles. The van der Waals surface area contributed by atoms with E-state index in [0.29, 0.717) is 87.9 Å². The molecule has 0 spiro atoms. The number of ketones is 8. The fourth-order valence-electron chi connectivity index (χ4n) is 13.5. The van der Waals surface area contributed by atoms with Crippen LogP contribution in [0.15, 0.2) is 255 Å². The molecule has 0 fully saturated rings. The van der Waals surface area contributed by atoms with Gasteiger partial charge in [0.2, 0.25) is 46.4 Å². The zero-order valence-corrected chi connectivity index (χ0v) is 77.1. The number of nitrogens with zero attached hydrogens (tertiary/aromatic N) is 7. The molecule has 0 aliphatic rings. The van der Waals surface area contributed by atoms with E-state index >= 15 is 0 Å². The normalized spacial score (nSPS) is 10.3. The monoisotopic (exact) mass is 1800 g/mol. The third-order valence-corrected chi connectivity index (χ3v) is 22.5. The Morgan fingerprint density at radius 3 is 0.721 bits per heavy atom. The highest BCUT2D eigenvalue weighted by atomic mass is 79.9. The average Bonchev–Trinajstić information content (AvgIpc) is 2.00. The number of carboxylic acid groups (broad SMARTS) is 1. The molecule has 21 nitrogen and oxygen atoms in total. The lowest BCUT2D eigenvalue weighted by Crippen LogP contribution is -2.21. The number of aliphatic carboxylic acids is 1. The van der Waals surface area contributed by atoms with Crippen molar-refractivity contribution >= 4 is 74.1 Å². The summed E-state index contributed by atoms with van der Waals surface area (Å²) in [5, 5.41) is 21.4. The van der Waals surface area contributed by atoms with E-state index in [4.69, 9.17) is 15.9 Å². The second-order valence-electron chi connectivity index (χ2n) is 31.1. The quantitative estimate of drug-likeness (QED) is 0.0306. The van der Waals surface area contributed by atoms with Crippen molar-refractivity contribution in [2.24, 2.45) is 55.1 Å². The molecule has 0 bridgehead atoms. The Balaban J connectivity index is 0.000000232. The predicted molar refractivity (Wildman–Crippen MR) is 517 cm³/mol. The van der Waals surface area contributed by atoms with Crippen molar-refractivity contribution < 1.29 is 58.2 Å². The molecule has 22 heteroatoms. The Labute approximate surface area is 767 Å². The van der Waals surface area contributed by atoms with Crippen LogP contribution in [0.2, 0.25) is 0 Å². The van der Waals surface area contributed by atoms with Crippen molar-refractivity contribution in [3.63, 3.8) is 0 Å². The van der Waals surface area contributed by atoms with Crippen molar-refractivity contribution in [1.29, 1.82) is 0 Å². The SMILES string of the molecule is C.C.CC(=O)NCc1ccc(C(=O)c2ccc(C)cc2)n1C.CCC(=O)Cc1ccc(C(=O)c2ccc(C)cc2)n1C.CCc1ccc(C(=O)c2ccc(C)cc2)n1C.Cc1ccc(C(=O)c2ccc(CBr)n2C)cc1.Cc1ccc(C(=O)c2ccc(CC(=O)O)n2C)cc1.Cc1ccc(C(=O)c2ccc(CN)n2C)cc1.Cc1ccc(C(=O)c2ccc(CO)n2C)cc1. The zero-order valence-electron chi connectivity index (χ0n) is 75.5. The number of nitrogens with two attached hydrogens (primary N) is 1. The van der Waals surface area contributed by atoms with Crippen molar-refractivity contribution in [3.8, 4) is 0 Å². The van der Waals surface area contributed by atoms with Gasteiger partial charge in [-0.1, -0.05) is 253 Å². The van der Waals surface area contributed by atoms with Gasteiger partial charge in [0.15, 0.2) is 0 Å². The molecule has 7 aromatic heterocycles. The summed E-state index contributed by atoms with van der Waals surface area (Å²) in [5.74, 6) is -0.761. The number of benzene rings is 7. The van der Waals surface area contributed by atoms with Gasteiger partial charge in [-0.25, -0.2) is 0 Å². The highest BCUT2D eigenvalue weighted by Gasteiger charge is 2.22. The third kappa shape index (κ3) is 28.1. The summed E-state index contributed by atoms with van der Waals surface area (Å²) in [5.41, 5.74) is 29.2. The Hall–Kier alpha value is -13.8. The van der Waals surface area contributed by atoms with E-state index in [9.17, 15) is 47.9 Å². The number of aryl methyl sites for hydroxylation is 8. The van der Waals surface area contributed by atoms with Gasteiger partial charge in [-0.05, 0) is 140 Å². The lowest BCUT2D eigenvalue weighted by atomic mass is 10.1. The zero-order chi connectivity index (χ0) is 93.0. The first-order valence-electron chi connectivity index (χ1n) is 41.7. The number of halogens is 1. The number of amides is 1.